The lowest BCUT2D eigenvalue weighted by molar-refractivity contribution is -0.147. The zero-order chi connectivity index (χ0) is 25.9. The van der Waals surface area contributed by atoms with E-state index in [1.54, 1.807) is 48.5 Å². The maximum Gasteiger partial charge on any atom is 0.306 e. The van der Waals surface area contributed by atoms with Crippen molar-refractivity contribution in [1.82, 2.24) is 0 Å². The van der Waals surface area contributed by atoms with E-state index in [1.165, 1.54) is 5.56 Å². The molecular weight excluding hydrogens is 454 g/mol. The van der Waals surface area contributed by atoms with Crippen LogP contribution in [0.4, 0.5) is 5.69 Å². The predicted octanol–water partition coefficient (Wildman–Crippen LogP) is 6.80. The Morgan fingerprint density at radius 3 is 2.19 bits per heavy atom. The Hall–Kier alpha value is -3.93. The van der Waals surface area contributed by atoms with Crippen molar-refractivity contribution in [3.8, 4) is 11.5 Å². The highest BCUT2D eigenvalue weighted by Gasteiger charge is 2.23. The summed E-state index contributed by atoms with van der Waals surface area (Å²) in [5.41, 5.74) is 3.53. The summed E-state index contributed by atoms with van der Waals surface area (Å²) in [6, 6.07) is 21.9. The maximum absolute atomic E-state index is 12.7. The van der Waals surface area contributed by atoms with E-state index < -0.39 is 12.1 Å². The number of amides is 1. The van der Waals surface area contributed by atoms with Gasteiger partial charge < -0.3 is 14.8 Å². The van der Waals surface area contributed by atoms with Crippen molar-refractivity contribution in [3.63, 3.8) is 0 Å². The van der Waals surface area contributed by atoms with Gasteiger partial charge in [-0.1, -0.05) is 49.7 Å². The van der Waals surface area contributed by atoms with Crippen molar-refractivity contribution < 1.29 is 23.9 Å². The molecule has 1 amide bonds. The number of hydrogen-bond acceptors (Lipinski definition) is 5. The smallest absolute Gasteiger partial charge is 0.306 e. The number of anilines is 1. The molecule has 0 spiro atoms. The molecule has 0 saturated heterocycles. The second kappa shape index (κ2) is 13.2. The summed E-state index contributed by atoms with van der Waals surface area (Å²) < 4.78 is 11.3. The Labute approximate surface area is 212 Å². The average Bonchev–Trinajstić information content (AvgIpc) is 2.87. The van der Waals surface area contributed by atoms with Crippen LogP contribution in [-0.2, 0) is 14.3 Å². The topological polar surface area (TPSA) is 81.7 Å². The van der Waals surface area contributed by atoms with Crippen LogP contribution in [-0.4, -0.2) is 23.8 Å². The normalized spacial score (nSPS) is 11.4. The molecule has 0 aliphatic heterocycles. The molecule has 188 valence electrons. The zero-order valence-corrected chi connectivity index (χ0v) is 21.1. The van der Waals surface area contributed by atoms with Crippen LogP contribution in [0.5, 0.6) is 11.5 Å². The third-order valence-corrected chi connectivity index (χ3v) is 5.81. The van der Waals surface area contributed by atoms with E-state index in [1.807, 2.05) is 38.1 Å². The lowest BCUT2D eigenvalue weighted by atomic mass is 10.0. The molecule has 3 aromatic carbocycles. The van der Waals surface area contributed by atoms with Crippen LogP contribution in [0.1, 0.15) is 60.5 Å². The molecule has 1 atom stereocenters. The number of ether oxygens (including phenoxy) is 2. The van der Waals surface area contributed by atoms with E-state index in [0.717, 1.165) is 11.3 Å². The molecule has 36 heavy (non-hydrogen) atoms. The monoisotopic (exact) mass is 487 g/mol. The highest BCUT2D eigenvalue weighted by molar-refractivity contribution is 6.00. The number of ketones is 1. The second-order valence-corrected chi connectivity index (χ2v) is 8.77. The van der Waals surface area contributed by atoms with Gasteiger partial charge in [0.25, 0.3) is 0 Å². The minimum absolute atomic E-state index is 0.0679. The lowest BCUT2D eigenvalue weighted by Gasteiger charge is -2.16. The van der Waals surface area contributed by atoms with Gasteiger partial charge in [0.2, 0.25) is 11.7 Å². The molecule has 0 fully saturated rings. The molecule has 1 N–H and O–H groups in total. The lowest BCUT2D eigenvalue weighted by Crippen LogP contribution is -2.27. The van der Waals surface area contributed by atoms with E-state index >= 15 is 0 Å². The van der Waals surface area contributed by atoms with E-state index in [9.17, 15) is 14.4 Å². The van der Waals surface area contributed by atoms with Gasteiger partial charge in [-0.25, -0.2) is 0 Å². The van der Waals surface area contributed by atoms with Gasteiger partial charge in [0.15, 0.2) is 6.10 Å². The zero-order valence-electron chi connectivity index (χ0n) is 21.1. The van der Waals surface area contributed by atoms with Gasteiger partial charge in [-0.15, -0.1) is 0 Å². The largest absolute Gasteiger partial charge is 0.457 e. The van der Waals surface area contributed by atoms with Crippen molar-refractivity contribution in [2.24, 2.45) is 0 Å². The first-order chi connectivity index (χ1) is 17.4. The first-order valence-corrected chi connectivity index (χ1v) is 12.3. The fourth-order valence-corrected chi connectivity index (χ4v) is 3.65. The Morgan fingerprint density at radius 1 is 0.833 bits per heavy atom. The quantitative estimate of drug-likeness (QED) is 0.224. The molecule has 0 saturated carbocycles. The van der Waals surface area contributed by atoms with E-state index in [2.05, 4.69) is 12.2 Å². The van der Waals surface area contributed by atoms with Crippen LogP contribution in [0.15, 0.2) is 72.8 Å². The van der Waals surface area contributed by atoms with Gasteiger partial charge in [0.05, 0.1) is 0 Å². The van der Waals surface area contributed by atoms with Crippen molar-refractivity contribution in [2.45, 2.75) is 59.0 Å². The summed E-state index contributed by atoms with van der Waals surface area (Å²) in [6.45, 7) is 6.02. The minimum atomic E-state index is -0.803. The Bertz CT molecular complexity index is 1170. The third-order valence-electron chi connectivity index (χ3n) is 5.81. The standard InChI is InChI=1S/C30H33NO5/c1-4-9-27(30(34)23-10-6-5-7-11-23)36-29(33)13-8-12-28(32)31-24-15-18-25(19-16-24)35-26-17-14-21(2)22(3)20-26/h5-7,10-11,14-20,27H,4,8-9,12-13H2,1-3H3,(H,31,32). The number of esters is 1. The molecule has 0 bridgehead atoms. The molecule has 6 heteroatoms. The number of rotatable bonds is 12. The molecule has 0 aliphatic carbocycles. The molecule has 0 aliphatic rings. The van der Waals surface area contributed by atoms with Gasteiger partial charge in [-0.2, -0.15) is 0 Å². The first kappa shape index (κ1) is 26.7. The number of hydrogen-bond donors (Lipinski definition) is 1. The summed E-state index contributed by atoms with van der Waals surface area (Å²) in [4.78, 5) is 37.3. The molecule has 3 aromatic rings. The molecular formula is C30H33NO5. The number of aryl methyl sites for hydroxylation is 2. The van der Waals surface area contributed by atoms with Crippen molar-refractivity contribution in [3.05, 3.63) is 89.5 Å². The molecule has 0 aromatic heterocycles. The van der Waals surface area contributed by atoms with Crippen molar-refractivity contribution in [2.75, 3.05) is 5.32 Å². The second-order valence-electron chi connectivity index (χ2n) is 8.77. The summed E-state index contributed by atoms with van der Waals surface area (Å²) >= 11 is 0. The van der Waals surface area contributed by atoms with E-state index in [-0.39, 0.29) is 24.5 Å². The Balaban J connectivity index is 1.42. The highest BCUT2D eigenvalue weighted by atomic mass is 16.5. The van der Waals surface area contributed by atoms with Gasteiger partial charge in [0, 0.05) is 24.1 Å². The number of benzene rings is 3. The molecule has 1 unspecified atom stereocenters. The SMILES string of the molecule is CCCC(OC(=O)CCCC(=O)Nc1ccc(Oc2ccc(C)c(C)c2)cc1)C(=O)c1ccccc1. The van der Waals surface area contributed by atoms with Crippen LogP contribution in [0.2, 0.25) is 0 Å². The van der Waals surface area contributed by atoms with Gasteiger partial charge >= 0.3 is 5.97 Å². The third kappa shape index (κ3) is 8.08. The van der Waals surface area contributed by atoms with E-state index in [4.69, 9.17) is 9.47 Å². The van der Waals surface area contributed by atoms with Crippen LogP contribution >= 0.6 is 0 Å². The average molecular weight is 488 g/mol. The van der Waals surface area contributed by atoms with Crippen LogP contribution in [0.3, 0.4) is 0 Å². The van der Waals surface area contributed by atoms with Crippen LogP contribution in [0.25, 0.3) is 0 Å². The molecule has 0 heterocycles. The van der Waals surface area contributed by atoms with Crippen LogP contribution < -0.4 is 10.1 Å². The Morgan fingerprint density at radius 2 is 1.53 bits per heavy atom. The summed E-state index contributed by atoms with van der Waals surface area (Å²) in [5.74, 6) is 0.557. The summed E-state index contributed by atoms with van der Waals surface area (Å²) in [7, 11) is 0. The van der Waals surface area contributed by atoms with Crippen molar-refractivity contribution >= 4 is 23.3 Å². The fraction of sp³-hybridized carbons (Fsp3) is 0.300. The minimum Gasteiger partial charge on any atom is -0.457 e. The first-order valence-electron chi connectivity index (χ1n) is 12.3. The van der Waals surface area contributed by atoms with E-state index in [0.29, 0.717) is 36.3 Å². The predicted molar refractivity (Wildman–Crippen MR) is 140 cm³/mol. The summed E-state index contributed by atoms with van der Waals surface area (Å²) in [6.07, 6.45) is 0.941. The maximum atomic E-state index is 12.7. The number of carbonyl (C=O) groups excluding carboxylic acids is 3. The summed E-state index contributed by atoms with van der Waals surface area (Å²) in [5, 5.41) is 2.82. The van der Waals surface area contributed by atoms with Gasteiger partial charge in [-0.3, -0.25) is 14.4 Å². The number of Topliss-reactive ketones (excluding diaryl/α,β-unsaturated/α-hetero) is 1. The number of nitrogens with one attached hydrogen (secondary N) is 1. The van der Waals surface area contributed by atoms with Gasteiger partial charge in [-0.05, 0) is 74.2 Å². The molecule has 6 nitrogen and oxygen atoms in total. The van der Waals surface area contributed by atoms with Crippen molar-refractivity contribution in [1.29, 1.82) is 0 Å². The fourth-order valence-electron chi connectivity index (χ4n) is 3.65. The molecule has 3 rings (SSSR count). The molecule has 0 radical (unpaired) electrons. The Kier molecular flexibility index (Phi) is 9.81. The highest BCUT2D eigenvalue weighted by Crippen LogP contribution is 2.25. The van der Waals surface area contributed by atoms with Crippen LogP contribution in [0, 0.1) is 13.8 Å². The van der Waals surface area contributed by atoms with Gasteiger partial charge in [0.1, 0.15) is 11.5 Å². The number of carbonyl (C=O) groups is 3.